The smallest absolute Gasteiger partial charge is 0.338 e. The van der Waals surface area contributed by atoms with Crippen LogP contribution in [-0.4, -0.2) is 47.9 Å². The Morgan fingerprint density at radius 1 is 0.579 bits per heavy atom. The van der Waals surface area contributed by atoms with Crippen LogP contribution >= 0.6 is 0 Å². The van der Waals surface area contributed by atoms with Crippen LogP contribution in [0.3, 0.4) is 0 Å². The summed E-state index contributed by atoms with van der Waals surface area (Å²) in [6.45, 7) is 0. The number of nitrogens with one attached hydrogen (secondary N) is 4. The average Bonchev–Trinajstić information content (AvgIpc) is 4.02. The molecule has 4 aromatic carbocycles. The van der Waals surface area contributed by atoms with Crippen LogP contribution in [0.15, 0.2) is 70.5 Å². The maximum atomic E-state index is 13.6. The Balaban J connectivity index is 0.965. The fourth-order valence-corrected chi connectivity index (χ4v) is 10.5. The highest BCUT2D eigenvalue weighted by Crippen LogP contribution is 2.44. The third kappa shape index (κ3) is 7.46. The molecule has 296 valence electrons. The number of carbonyl (C=O) groups is 4. The van der Waals surface area contributed by atoms with Crippen molar-refractivity contribution in [2.45, 2.75) is 86.5 Å². The van der Waals surface area contributed by atoms with Gasteiger partial charge < -0.3 is 20.1 Å². The summed E-state index contributed by atoms with van der Waals surface area (Å²) in [6, 6.07) is 12.7. The first-order chi connectivity index (χ1) is 27.3. The number of aryl methyl sites for hydroxylation is 3. The number of ether oxygens (including phenoxy) is 2. The number of hydrogen-bond acceptors (Lipinski definition) is 10. The van der Waals surface area contributed by atoms with Crippen molar-refractivity contribution in [2.24, 2.45) is 0 Å². The summed E-state index contributed by atoms with van der Waals surface area (Å²) in [4.78, 5) is 51.3. The second-order valence-electron chi connectivity index (χ2n) is 14.6. The molecule has 16 heteroatoms. The normalized spacial score (nSPS) is 16.5. The number of carbonyl (C=O) groups excluding carboxylic acids is 4. The Bertz CT molecular complexity index is 2570. The fraction of sp³-hybridized carbons (Fsp3) is 0.317. The first-order valence-corrected chi connectivity index (χ1v) is 21.8. The van der Waals surface area contributed by atoms with Gasteiger partial charge in [-0.2, -0.15) is 0 Å². The molecule has 0 spiro atoms. The molecule has 1 unspecified atom stereocenters. The Kier molecular flexibility index (Phi) is 10.0. The van der Waals surface area contributed by atoms with E-state index in [9.17, 15) is 36.0 Å². The predicted octanol–water partition coefficient (Wildman–Crippen LogP) is 5.80. The van der Waals surface area contributed by atoms with E-state index in [4.69, 9.17) is 4.74 Å². The van der Waals surface area contributed by atoms with Crippen LogP contribution in [0.1, 0.15) is 97.0 Å². The van der Waals surface area contributed by atoms with Gasteiger partial charge in [-0.15, -0.1) is 0 Å². The molecule has 0 saturated carbocycles. The summed E-state index contributed by atoms with van der Waals surface area (Å²) in [6.07, 6.45) is 7.64. The predicted molar refractivity (Wildman–Crippen MR) is 208 cm³/mol. The van der Waals surface area contributed by atoms with Crippen molar-refractivity contribution >= 4 is 55.4 Å². The van der Waals surface area contributed by atoms with Gasteiger partial charge in [0.2, 0.25) is 0 Å². The third-order valence-corrected chi connectivity index (χ3v) is 13.8. The maximum Gasteiger partial charge on any atom is 0.338 e. The molecule has 4 amide bonds. The number of rotatable bonds is 9. The molecule has 4 aliphatic carbocycles. The minimum absolute atomic E-state index is 0.00102. The van der Waals surface area contributed by atoms with Crippen LogP contribution in [0.2, 0.25) is 0 Å². The lowest BCUT2D eigenvalue weighted by Crippen LogP contribution is -2.35. The lowest BCUT2D eigenvalue weighted by molar-refractivity contribution is 0.0300. The third-order valence-electron chi connectivity index (χ3n) is 11.1. The Hall–Kier alpha value is -5.74. The number of benzene rings is 4. The molecule has 0 heterocycles. The van der Waals surface area contributed by atoms with Gasteiger partial charge in [-0.3, -0.25) is 0 Å². The lowest BCUT2D eigenvalue weighted by Gasteiger charge is -2.19. The van der Waals surface area contributed by atoms with Crippen LogP contribution in [0.4, 0.5) is 21.0 Å². The minimum atomic E-state index is -4.38. The topological polar surface area (TPSA) is 203 Å². The standard InChI is InChI=1S/C41H40N4O10S2/c1-54-38(46)26-10-2-12-28(20-26)56(50,51)45-41(49)43-37-32-16-6-9-25(32)22-34-33(37)17-18-35(34)55-39(47)27-11-3-13-29(21-27)57(52,53)44-40(48)42-36-30-14-4-7-23(30)19-24-8-5-15-31(24)36/h2-3,10-13,19-22,35H,4-9,14-18H2,1H3,(H2,42,44,48)(H2,43,45,49). The number of esters is 2. The van der Waals surface area contributed by atoms with Gasteiger partial charge in [-0.05, 0) is 152 Å². The average molecular weight is 813 g/mol. The maximum absolute atomic E-state index is 13.6. The van der Waals surface area contributed by atoms with Crippen molar-refractivity contribution in [1.29, 1.82) is 0 Å². The van der Waals surface area contributed by atoms with E-state index < -0.39 is 50.2 Å². The first kappa shape index (κ1) is 38.1. The number of hydrogen-bond donors (Lipinski definition) is 4. The van der Waals surface area contributed by atoms with Crippen molar-refractivity contribution < 1.29 is 45.5 Å². The molecular weight excluding hydrogens is 773 g/mol. The van der Waals surface area contributed by atoms with Crippen molar-refractivity contribution in [2.75, 3.05) is 17.7 Å². The number of anilines is 2. The van der Waals surface area contributed by atoms with E-state index in [0.717, 1.165) is 79.3 Å². The minimum Gasteiger partial charge on any atom is -0.465 e. The Morgan fingerprint density at radius 3 is 1.56 bits per heavy atom. The zero-order valence-corrected chi connectivity index (χ0v) is 32.7. The van der Waals surface area contributed by atoms with Crippen molar-refractivity contribution in [3.63, 3.8) is 0 Å². The molecule has 4 aromatic rings. The van der Waals surface area contributed by atoms with E-state index in [1.54, 1.807) is 0 Å². The second kappa shape index (κ2) is 15.0. The van der Waals surface area contributed by atoms with E-state index in [0.29, 0.717) is 48.2 Å². The van der Waals surface area contributed by atoms with E-state index >= 15 is 0 Å². The molecule has 4 N–H and O–H groups in total. The van der Waals surface area contributed by atoms with Crippen LogP contribution in [-0.2, 0) is 74.5 Å². The molecule has 0 bridgehead atoms. The molecule has 4 aliphatic rings. The molecule has 1 atom stereocenters. The van der Waals surface area contributed by atoms with Crippen molar-refractivity contribution in [3.8, 4) is 0 Å². The summed E-state index contributed by atoms with van der Waals surface area (Å²) in [5.74, 6) is -1.51. The molecule has 8 rings (SSSR count). The van der Waals surface area contributed by atoms with Crippen LogP contribution < -0.4 is 20.1 Å². The van der Waals surface area contributed by atoms with Crippen LogP contribution in [0.25, 0.3) is 0 Å². The Labute approximate surface area is 329 Å². The molecular formula is C41H40N4O10S2. The summed E-state index contributed by atoms with van der Waals surface area (Å²) >= 11 is 0. The quantitative estimate of drug-likeness (QED) is 0.150. The van der Waals surface area contributed by atoms with Gasteiger partial charge in [0, 0.05) is 11.4 Å². The second-order valence-corrected chi connectivity index (χ2v) is 18.0. The van der Waals surface area contributed by atoms with E-state index in [1.807, 2.05) is 10.8 Å². The molecule has 14 nitrogen and oxygen atoms in total. The highest BCUT2D eigenvalue weighted by Gasteiger charge is 2.34. The summed E-state index contributed by atoms with van der Waals surface area (Å²) in [5, 5.41) is 5.56. The van der Waals surface area contributed by atoms with Gasteiger partial charge >= 0.3 is 24.0 Å². The molecule has 57 heavy (non-hydrogen) atoms. The lowest BCUT2D eigenvalue weighted by atomic mass is 9.98. The van der Waals surface area contributed by atoms with Gasteiger partial charge in [0.15, 0.2) is 0 Å². The molecule has 0 aromatic heterocycles. The summed E-state index contributed by atoms with van der Waals surface area (Å²) in [5.41, 5.74) is 8.80. The first-order valence-electron chi connectivity index (χ1n) is 18.8. The monoisotopic (exact) mass is 812 g/mol. The zero-order valence-electron chi connectivity index (χ0n) is 31.0. The van der Waals surface area contributed by atoms with Crippen molar-refractivity contribution in [3.05, 3.63) is 116 Å². The number of methoxy groups -OCH3 is 1. The van der Waals surface area contributed by atoms with Crippen LogP contribution in [0, 0.1) is 0 Å². The van der Waals surface area contributed by atoms with E-state index in [-0.39, 0.29) is 20.9 Å². The SMILES string of the molecule is COC(=O)c1cccc(S(=O)(=O)NC(=O)Nc2c3c(cc4c2CCC4OC(=O)c2cccc(S(=O)(=O)NC(=O)Nc4c5c(cc6c4CCC6)CCC5)c2)CCC3)c1. The number of amides is 4. The largest absolute Gasteiger partial charge is 0.465 e. The van der Waals surface area contributed by atoms with Gasteiger partial charge in [0.25, 0.3) is 20.0 Å². The summed E-state index contributed by atoms with van der Waals surface area (Å²) < 4.78 is 67.8. The van der Waals surface area contributed by atoms with Crippen LogP contribution in [0.5, 0.6) is 0 Å². The van der Waals surface area contributed by atoms with E-state index in [1.165, 1.54) is 54.6 Å². The highest BCUT2D eigenvalue weighted by molar-refractivity contribution is 7.90. The number of urea groups is 2. The number of sulfonamides is 2. The van der Waals surface area contributed by atoms with Gasteiger partial charge in [-0.1, -0.05) is 24.3 Å². The fourth-order valence-electron chi connectivity index (χ4n) is 8.58. The number of fused-ring (bicyclic) bond motifs is 4. The van der Waals surface area contributed by atoms with Crippen molar-refractivity contribution in [1.82, 2.24) is 9.44 Å². The highest BCUT2D eigenvalue weighted by atomic mass is 32.2. The summed E-state index contributed by atoms with van der Waals surface area (Å²) in [7, 11) is -7.59. The molecule has 0 radical (unpaired) electrons. The molecule has 0 aliphatic heterocycles. The van der Waals surface area contributed by atoms with Gasteiger partial charge in [0.1, 0.15) is 6.10 Å². The molecule has 0 fully saturated rings. The zero-order chi connectivity index (χ0) is 40.1. The molecule has 0 saturated heterocycles. The van der Waals surface area contributed by atoms with Gasteiger partial charge in [0.05, 0.1) is 28.0 Å². The van der Waals surface area contributed by atoms with E-state index in [2.05, 4.69) is 26.2 Å². The Morgan fingerprint density at radius 2 is 1.05 bits per heavy atom. The van der Waals surface area contributed by atoms with Gasteiger partial charge in [-0.25, -0.2) is 45.5 Å².